The van der Waals surface area contributed by atoms with Gasteiger partial charge in [0.25, 0.3) is 0 Å². The van der Waals surface area contributed by atoms with Crippen molar-refractivity contribution in [1.82, 2.24) is 15.6 Å². The van der Waals surface area contributed by atoms with Crippen molar-refractivity contribution in [1.29, 1.82) is 0 Å². The number of benzene rings is 1. The van der Waals surface area contributed by atoms with Crippen LogP contribution < -0.4 is 10.6 Å². The van der Waals surface area contributed by atoms with Crippen LogP contribution in [0.2, 0.25) is 0 Å². The van der Waals surface area contributed by atoms with E-state index in [9.17, 15) is 4.79 Å². The summed E-state index contributed by atoms with van der Waals surface area (Å²) < 4.78 is 0. The maximum Gasteiger partial charge on any atom is 0.221 e. The molecule has 2 aromatic rings. The molecule has 0 bridgehead atoms. The van der Waals surface area contributed by atoms with E-state index in [0.717, 1.165) is 16.3 Å². The molecule has 2 rings (SSSR count). The summed E-state index contributed by atoms with van der Waals surface area (Å²) in [6, 6.07) is 10.0. The SMILES string of the molecule is CNCCC(=O)NCc1csc(-c2ccccc2)n1.Cl. The molecule has 0 saturated carbocycles. The molecule has 1 aromatic heterocycles. The van der Waals surface area contributed by atoms with Crippen LogP contribution in [0.5, 0.6) is 0 Å². The molecule has 1 amide bonds. The Hall–Kier alpha value is -1.43. The average Bonchev–Trinajstić information content (AvgIpc) is 2.93. The Morgan fingerprint density at radius 2 is 2.05 bits per heavy atom. The maximum absolute atomic E-state index is 11.5. The smallest absolute Gasteiger partial charge is 0.221 e. The van der Waals surface area contributed by atoms with Crippen LogP contribution in [0.15, 0.2) is 35.7 Å². The van der Waals surface area contributed by atoms with Gasteiger partial charge in [-0.3, -0.25) is 4.79 Å². The van der Waals surface area contributed by atoms with Gasteiger partial charge in [0.1, 0.15) is 5.01 Å². The fraction of sp³-hybridized carbons (Fsp3) is 0.286. The number of amides is 1. The van der Waals surface area contributed by atoms with E-state index >= 15 is 0 Å². The highest BCUT2D eigenvalue weighted by Gasteiger charge is 2.05. The molecule has 0 aliphatic heterocycles. The number of aromatic nitrogens is 1. The third-order valence-electron chi connectivity index (χ3n) is 2.64. The molecule has 108 valence electrons. The summed E-state index contributed by atoms with van der Waals surface area (Å²) in [7, 11) is 1.83. The number of hydrogen-bond acceptors (Lipinski definition) is 4. The fourth-order valence-corrected chi connectivity index (χ4v) is 2.44. The van der Waals surface area contributed by atoms with Crippen LogP contribution >= 0.6 is 23.7 Å². The van der Waals surface area contributed by atoms with Gasteiger partial charge in [0.2, 0.25) is 5.91 Å². The molecule has 1 aromatic carbocycles. The molecule has 4 nitrogen and oxygen atoms in total. The van der Waals surface area contributed by atoms with E-state index in [-0.39, 0.29) is 18.3 Å². The van der Waals surface area contributed by atoms with Gasteiger partial charge in [-0.15, -0.1) is 23.7 Å². The largest absolute Gasteiger partial charge is 0.350 e. The van der Waals surface area contributed by atoms with Crippen molar-refractivity contribution in [2.45, 2.75) is 13.0 Å². The molecule has 20 heavy (non-hydrogen) atoms. The first-order valence-electron chi connectivity index (χ1n) is 6.20. The van der Waals surface area contributed by atoms with E-state index in [1.807, 2.05) is 42.8 Å². The van der Waals surface area contributed by atoms with E-state index in [0.29, 0.717) is 19.5 Å². The molecule has 6 heteroatoms. The molecule has 0 unspecified atom stereocenters. The zero-order valence-electron chi connectivity index (χ0n) is 11.3. The molecule has 0 atom stereocenters. The van der Waals surface area contributed by atoms with Crippen molar-refractivity contribution in [3.8, 4) is 10.6 Å². The van der Waals surface area contributed by atoms with Crippen molar-refractivity contribution in [3.05, 3.63) is 41.4 Å². The van der Waals surface area contributed by atoms with Gasteiger partial charge in [-0.2, -0.15) is 0 Å². The lowest BCUT2D eigenvalue weighted by molar-refractivity contribution is -0.121. The molecule has 0 spiro atoms. The maximum atomic E-state index is 11.5. The van der Waals surface area contributed by atoms with E-state index in [2.05, 4.69) is 15.6 Å². The quantitative estimate of drug-likeness (QED) is 0.861. The predicted molar refractivity (Wildman–Crippen MR) is 85.2 cm³/mol. The minimum absolute atomic E-state index is 0. The molecule has 0 radical (unpaired) electrons. The van der Waals surface area contributed by atoms with Gasteiger partial charge in [0, 0.05) is 23.9 Å². The summed E-state index contributed by atoms with van der Waals surface area (Å²) in [6.07, 6.45) is 0.492. The van der Waals surface area contributed by atoms with Crippen LogP contribution in [0.25, 0.3) is 10.6 Å². The van der Waals surface area contributed by atoms with E-state index < -0.39 is 0 Å². The zero-order chi connectivity index (χ0) is 13.5. The van der Waals surface area contributed by atoms with Crippen LogP contribution in [0.1, 0.15) is 12.1 Å². The van der Waals surface area contributed by atoms with Crippen LogP contribution in [0.3, 0.4) is 0 Å². The van der Waals surface area contributed by atoms with E-state index in [1.165, 1.54) is 0 Å². The van der Waals surface area contributed by atoms with E-state index in [1.54, 1.807) is 11.3 Å². The molecular weight excluding hydrogens is 294 g/mol. The molecular formula is C14H18ClN3OS. The Kier molecular flexibility index (Phi) is 7.22. The Morgan fingerprint density at radius 1 is 1.30 bits per heavy atom. The zero-order valence-corrected chi connectivity index (χ0v) is 12.9. The topological polar surface area (TPSA) is 54.0 Å². The second kappa shape index (κ2) is 8.68. The van der Waals surface area contributed by atoms with Gasteiger partial charge in [-0.25, -0.2) is 4.98 Å². The molecule has 0 aliphatic rings. The first-order chi connectivity index (χ1) is 9.29. The van der Waals surface area contributed by atoms with Crippen LogP contribution in [-0.2, 0) is 11.3 Å². The van der Waals surface area contributed by atoms with Crippen molar-refractivity contribution in [2.24, 2.45) is 0 Å². The number of carbonyl (C=O) groups is 1. The minimum Gasteiger partial charge on any atom is -0.350 e. The van der Waals surface area contributed by atoms with Gasteiger partial charge < -0.3 is 10.6 Å². The van der Waals surface area contributed by atoms with Crippen molar-refractivity contribution in [3.63, 3.8) is 0 Å². The first-order valence-corrected chi connectivity index (χ1v) is 7.08. The Morgan fingerprint density at radius 3 is 2.75 bits per heavy atom. The summed E-state index contributed by atoms with van der Waals surface area (Å²) in [4.78, 5) is 16.0. The molecule has 0 fully saturated rings. The van der Waals surface area contributed by atoms with Gasteiger partial charge in [-0.05, 0) is 7.05 Å². The van der Waals surface area contributed by atoms with E-state index in [4.69, 9.17) is 0 Å². The summed E-state index contributed by atoms with van der Waals surface area (Å²) in [6.45, 7) is 1.18. The lowest BCUT2D eigenvalue weighted by Gasteiger charge is -2.02. The number of thiazole rings is 1. The highest BCUT2D eigenvalue weighted by molar-refractivity contribution is 7.13. The van der Waals surface area contributed by atoms with Crippen molar-refractivity contribution in [2.75, 3.05) is 13.6 Å². The van der Waals surface area contributed by atoms with Crippen LogP contribution in [0, 0.1) is 0 Å². The summed E-state index contributed by atoms with van der Waals surface area (Å²) in [5.74, 6) is 0.0450. The molecule has 1 heterocycles. The Balaban J connectivity index is 0.00000200. The lowest BCUT2D eigenvalue weighted by Crippen LogP contribution is -2.26. The number of rotatable bonds is 6. The Bertz CT molecular complexity index is 530. The fourth-order valence-electron chi connectivity index (χ4n) is 1.62. The number of nitrogens with zero attached hydrogens (tertiary/aromatic N) is 1. The first kappa shape index (κ1) is 16.6. The van der Waals surface area contributed by atoms with Crippen molar-refractivity contribution < 1.29 is 4.79 Å². The van der Waals surface area contributed by atoms with Gasteiger partial charge in [0.15, 0.2) is 0 Å². The standard InChI is InChI=1S/C14H17N3OS.ClH/c1-15-8-7-13(18)16-9-12-10-19-14(17-12)11-5-3-2-4-6-11;/h2-6,10,15H,7-9H2,1H3,(H,16,18);1H. The number of nitrogens with one attached hydrogen (secondary N) is 2. The number of hydrogen-bond donors (Lipinski definition) is 2. The second-order valence-corrected chi connectivity index (χ2v) is 5.00. The predicted octanol–water partition coefficient (Wildman–Crippen LogP) is 2.46. The second-order valence-electron chi connectivity index (χ2n) is 4.14. The van der Waals surface area contributed by atoms with Crippen molar-refractivity contribution >= 4 is 29.7 Å². The third-order valence-corrected chi connectivity index (χ3v) is 3.58. The molecule has 0 aliphatic carbocycles. The highest BCUT2D eigenvalue weighted by Crippen LogP contribution is 2.23. The van der Waals surface area contributed by atoms with Crippen LogP contribution in [-0.4, -0.2) is 24.5 Å². The monoisotopic (exact) mass is 311 g/mol. The normalized spacial score (nSPS) is 9.85. The Labute approximate surface area is 129 Å². The average molecular weight is 312 g/mol. The van der Waals surface area contributed by atoms with Gasteiger partial charge in [-0.1, -0.05) is 30.3 Å². The van der Waals surface area contributed by atoms with Gasteiger partial charge in [0.05, 0.1) is 12.2 Å². The minimum atomic E-state index is 0. The lowest BCUT2D eigenvalue weighted by atomic mass is 10.2. The van der Waals surface area contributed by atoms with Crippen LogP contribution in [0.4, 0.5) is 0 Å². The summed E-state index contributed by atoms with van der Waals surface area (Å²) in [5.41, 5.74) is 2.02. The highest BCUT2D eigenvalue weighted by atomic mass is 35.5. The summed E-state index contributed by atoms with van der Waals surface area (Å²) >= 11 is 1.60. The summed E-state index contributed by atoms with van der Waals surface area (Å²) in [5, 5.41) is 8.78. The molecule has 2 N–H and O–H groups in total. The third kappa shape index (κ3) is 4.92. The number of carbonyl (C=O) groups excluding carboxylic acids is 1. The molecule has 0 saturated heterocycles. The van der Waals surface area contributed by atoms with Gasteiger partial charge >= 0.3 is 0 Å². The number of halogens is 1.